The van der Waals surface area contributed by atoms with E-state index in [0.29, 0.717) is 16.5 Å². The number of anilines is 1. The summed E-state index contributed by atoms with van der Waals surface area (Å²) in [5.41, 5.74) is 1.67. The van der Waals surface area contributed by atoms with E-state index in [-0.39, 0.29) is 6.61 Å². The number of hydrogen-bond donors (Lipinski definition) is 2. The number of aliphatic hydroxyl groups excluding tert-OH is 1. The lowest BCUT2D eigenvalue weighted by atomic mass is 10.1. The Kier molecular flexibility index (Phi) is 3.85. The van der Waals surface area contributed by atoms with Crippen LogP contribution < -0.4 is 5.32 Å². The summed E-state index contributed by atoms with van der Waals surface area (Å²) in [6.45, 7) is 0.103. The van der Waals surface area contributed by atoms with E-state index in [2.05, 4.69) is 5.32 Å². The minimum absolute atomic E-state index is 0.103. The quantitative estimate of drug-likeness (QED) is 0.820. The first-order valence-electron chi connectivity index (χ1n) is 3.95. The summed E-state index contributed by atoms with van der Waals surface area (Å²) in [6.07, 6.45) is 0.573. The van der Waals surface area contributed by atoms with Gasteiger partial charge in [-0.15, -0.1) is 0 Å². The SMILES string of the molecule is CNc1c(Cl)cc(CCO)cc1Cl. The molecule has 4 heteroatoms. The van der Waals surface area contributed by atoms with Gasteiger partial charge in [0, 0.05) is 13.7 Å². The van der Waals surface area contributed by atoms with Crippen molar-refractivity contribution in [2.45, 2.75) is 6.42 Å². The average molecular weight is 220 g/mol. The molecule has 72 valence electrons. The van der Waals surface area contributed by atoms with E-state index < -0.39 is 0 Å². The Balaban J connectivity index is 3.05. The van der Waals surface area contributed by atoms with Crippen LogP contribution in [0.15, 0.2) is 12.1 Å². The van der Waals surface area contributed by atoms with Gasteiger partial charge >= 0.3 is 0 Å². The van der Waals surface area contributed by atoms with E-state index in [1.807, 2.05) is 0 Å². The van der Waals surface area contributed by atoms with Gasteiger partial charge in [0.1, 0.15) is 0 Å². The molecule has 0 unspecified atom stereocenters. The molecule has 1 aromatic carbocycles. The van der Waals surface area contributed by atoms with Crippen molar-refractivity contribution in [2.75, 3.05) is 19.0 Å². The third-order valence-electron chi connectivity index (χ3n) is 1.75. The molecule has 0 spiro atoms. The molecule has 2 N–H and O–H groups in total. The molecule has 0 saturated heterocycles. The summed E-state index contributed by atoms with van der Waals surface area (Å²) < 4.78 is 0. The van der Waals surface area contributed by atoms with Crippen LogP contribution in [0.4, 0.5) is 5.69 Å². The van der Waals surface area contributed by atoms with Crippen LogP contribution in [-0.2, 0) is 6.42 Å². The second-order valence-corrected chi connectivity index (χ2v) is 3.47. The van der Waals surface area contributed by atoms with Crippen LogP contribution in [0.25, 0.3) is 0 Å². The number of nitrogens with one attached hydrogen (secondary N) is 1. The summed E-state index contributed by atoms with van der Waals surface area (Å²) in [5, 5.41) is 12.8. The largest absolute Gasteiger partial charge is 0.396 e. The van der Waals surface area contributed by atoms with Gasteiger partial charge in [0.15, 0.2) is 0 Å². The van der Waals surface area contributed by atoms with E-state index in [1.54, 1.807) is 19.2 Å². The molecule has 0 aliphatic carbocycles. The van der Waals surface area contributed by atoms with E-state index in [9.17, 15) is 0 Å². The first-order chi connectivity index (χ1) is 6.19. The molecule has 0 aliphatic heterocycles. The molecule has 1 aromatic rings. The summed E-state index contributed by atoms with van der Waals surface area (Å²) in [5.74, 6) is 0. The molecule has 0 heterocycles. The predicted octanol–water partition coefficient (Wildman–Crippen LogP) is 2.57. The first-order valence-corrected chi connectivity index (χ1v) is 4.71. The molecule has 13 heavy (non-hydrogen) atoms. The van der Waals surface area contributed by atoms with Crippen LogP contribution in [0, 0.1) is 0 Å². The van der Waals surface area contributed by atoms with Crippen molar-refractivity contribution < 1.29 is 5.11 Å². The van der Waals surface area contributed by atoms with Crippen LogP contribution >= 0.6 is 23.2 Å². The molecule has 0 atom stereocenters. The summed E-state index contributed by atoms with van der Waals surface area (Å²) in [7, 11) is 1.76. The lowest BCUT2D eigenvalue weighted by molar-refractivity contribution is 0.299. The zero-order valence-corrected chi connectivity index (χ0v) is 8.78. The highest BCUT2D eigenvalue weighted by Crippen LogP contribution is 2.31. The fraction of sp³-hybridized carbons (Fsp3) is 0.333. The van der Waals surface area contributed by atoms with Crippen molar-refractivity contribution in [3.63, 3.8) is 0 Å². The zero-order chi connectivity index (χ0) is 9.84. The van der Waals surface area contributed by atoms with Crippen LogP contribution in [-0.4, -0.2) is 18.8 Å². The number of aliphatic hydroxyl groups is 1. The van der Waals surface area contributed by atoms with Gasteiger partial charge in [0.05, 0.1) is 15.7 Å². The molecule has 1 rings (SSSR count). The van der Waals surface area contributed by atoms with E-state index in [1.165, 1.54) is 0 Å². The third-order valence-corrected chi connectivity index (χ3v) is 2.35. The van der Waals surface area contributed by atoms with Gasteiger partial charge in [-0.3, -0.25) is 0 Å². The second kappa shape index (κ2) is 4.70. The molecule has 2 nitrogen and oxygen atoms in total. The standard InChI is InChI=1S/C9H11Cl2NO/c1-12-9-7(10)4-6(2-3-13)5-8(9)11/h4-5,12-13H,2-3H2,1H3. The van der Waals surface area contributed by atoms with E-state index in [4.69, 9.17) is 28.3 Å². The summed E-state index contributed by atoms with van der Waals surface area (Å²) in [6, 6.07) is 3.60. The van der Waals surface area contributed by atoms with Gasteiger partial charge in [0.2, 0.25) is 0 Å². The van der Waals surface area contributed by atoms with Crippen molar-refractivity contribution in [1.29, 1.82) is 0 Å². The summed E-state index contributed by atoms with van der Waals surface area (Å²) in [4.78, 5) is 0. The first kappa shape index (κ1) is 10.6. The highest BCUT2D eigenvalue weighted by atomic mass is 35.5. The molecular weight excluding hydrogens is 209 g/mol. The van der Waals surface area contributed by atoms with Gasteiger partial charge in [0.25, 0.3) is 0 Å². The van der Waals surface area contributed by atoms with E-state index in [0.717, 1.165) is 11.3 Å². The predicted molar refractivity (Wildman–Crippen MR) is 56.8 cm³/mol. The summed E-state index contributed by atoms with van der Waals surface area (Å²) >= 11 is 11.9. The molecule has 0 saturated carbocycles. The Morgan fingerprint density at radius 1 is 1.31 bits per heavy atom. The smallest absolute Gasteiger partial charge is 0.0716 e. The van der Waals surface area contributed by atoms with E-state index >= 15 is 0 Å². The van der Waals surface area contributed by atoms with Crippen LogP contribution in [0.2, 0.25) is 10.0 Å². The lowest BCUT2D eigenvalue weighted by Gasteiger charge is -2.08. The van der Waals surface area contributed by atoms with Gasteiger partial charge in [-0.25, -0.2) is 0 Å². The Labute approximate surface area is 87.5 Å². The lowest BCUT2D eigenvalue weighted by Crippen LogP contribution is -1.95. The number of halogens is 2. The zero-order valence-electron chi connectivity index (χ0n) is 7.27. The van der Waals surface area contributed by atoms with Crippen molar-refractivity contribution in [2.24, 2.45) is 0 Å². The average Bonchev–Trinajstić information content (AvgIpc) is 2.04. The molecule has 0 amide bonds. The number of hydrogen-bond acceptors (Lipinski definition) is 2. The Bertz CT molecular complexity index is 279. The van der Waals surface area contributed by atoms with Gasteiger partial charge in [-0.2, -0.15) is 0 Å². The van der Waals surface area contributed by atoms with Crippen LogP contribution in [0.5, 0.6) is 0 Å². The maximum absolute atomic E-state index is 8.73. The second-order valence-electron chi connectivity index (χ2n) is 2.66. The van der Waals surface area contributed by atoms with Crippen molar-refractivity contribution in [1.82, 2.24) is 0 Å². The van der Waals surface area contributed by atoms with Crippen LogP contribution in [0.1, 0.15) is 5.56 Å². The Morgan fingerprint density at radius 3 is 2.23 bits per heavy atom. The van der Waals surface area contributed by atoms with Gasteiger partial charge in [-0.05, 0) is 24.1 Å². The molecule has 0 bridgehead atoms. The number of rotatable bonds is 3. The molecule has 0 fully saturated rings. The highest BCUT2D eigenvalue weighted by molar-refractivity contribution is 6.39. The topological polar surface area (TPSA) is 32.3 Å². The fourth-order valence-electron chi connectivity index (χ4n) is 1.14. The normalized spacial score (nSPS) is 10.2. The molecule has 0 aromatic heterocycles. The fourth-order valence-corrected chi connectivity index (χ4v) is 1.86. The van der Waals surface area contributed by atoms with Crippen molar-refractivity contribution in [3.8, 4) is 0 Å². The number of benzene rings is 1. The maximum Gasteiger partial charge on any atom is 0.0716 e. The highest BCUT2D eigenvalue weighted by Gasteiger charge is 2.05. The molecular formula is C9H11Cl2NO. The van der Waals surface area contributed by atoms with Gasteiger partial charge < -0.3 is 10.4 Å². The Morgan fingerprint density at radius 2 is 1.85 bits per heavy atom. The minimum atomic E-state index is 0.103. The van der Waals surface area contributed by atoms with Gasteiger partial charge in [-0.1, -0.05) is 23.2 Å². The van der Waals surface area contributed by atoms with Crippen molar-refractivity contribution in [3.05, 3.63) is 27.7 Å². The van der Waals surface area contributed by atoms with Crippen LogP contribution in [0.3, 0.4) is 0 Å². The minimum Gasteiger partial charge on any atom is -0.396 e. The Hall–Kier alpha value is -0.440. The monoisotopic (exact) mass is 219 g/mol. The molecule has 0 radical (unpaired) electrons. The third kappa shape index (κ3) is 2.50. The molecule has 0 aliphatic rings. The van der Waals surface area contributed by atoms with Crippen molar-refractivity contribution >= 4 is 28.9 Å². The maximum atomic E-state index is 8.73.